The number of rotatable bonds is 2. The highest BCUT2D eigenvalue weighted by molar-refractivity contribution is 6.06. The number of nitrogens with zero attached hydrogens (tertiary/aromatic N) is 3. The average molecular weight is 324 g/mol. The highest BCUT2D eigenvalue weighted by Gasteiger charge is 2.24. The normalized spacial score (nSPS) is 18.4. The molecule has 1 aromatic carbocycles. The number of hydrogen-bond donors (Lipinski definition) is 1. The molecule has 124 valence electrons. The first-order valence-electron chi connectivity index (χ1n) is 8.41. The van der Waals surface area contributed by atoms with Crippen molar-refractivity contribution in [3.8, 4) is 0 Å². The molecule has 24 heavy (non-hydrogen) atoms. The summed E-state index contributed by atoms with van der Waals surface area (Å²) in [5.41, 5.74) is 1.16. The predicted molar refractivity (Wildman–Crippen MR) is 92.9 cm³/mol. The van der Waals surface area contributed by atoms with E-state index in [0.717, 1.165) is 42.1 Å². The van der Waals surface area contributed by atoms with E-state index >= 15 is 0 Å². The van der Waals surface area contributed by atoms with Crippen LogP contribution in [-0.2, 0) is 11.3 Å². The Morgan fingerprint density at radius 3 is 2.96 bits per heavy atom. The number of carbonyl (C=O) groups excluding carboxylic acids is 1. The Morgan fingerprint density at radius 1 is 1.29 bits per heavy atom. The molecule has 6 nitrogen and oxygen atoms in total. The summed E-state index contributed by atoms with van der Waals surface area (Å²) in [7, 11) is 0. The summed E-state index contributed by atoms with van der Waals surface area (Å²) in [6.45, 7) is 2.83. The van der Waals surface area contributed by atoms with Gasteiger partial charge in [-0.3, -0.25) is 9.59 Å². The fourth-order valence-electron chi connectivity index (χ4n) is 3.58. The van der Waals surface area contributed by atoms with Crippen molar-refractivity contribution >= 4 is 27.7 Å². The Kier molecular flexibility index (Phi) is 3.59. The van der Waals surface area contributed by atoms with E-state index in [1.54, 1.807) is 6.20 Å². The van der Waals surface area contributed by atoms with Gasteiger partial charge in [-0.2, -0.15) is 5.10 Å². The Balaban J connectivity index is 1.70. The van der Waals surface area contributed by atoms with Gasteiger partial charge in [-0.15, -0.1) is 0 Å². The van der Waals surface area contributed by atoms with Crippen LogP contribution >= 0.6 is 0 Å². The van der Waals surface area contributed by atoms with Crippen LogP contribution in [0.3, 0.4) is 0 Å². The zero-order valence-corrected chi connectivity index (χ0v) is 13.7. The van der Waals surface area contributed by atoms with Gasteiger partial charge in [0, 0.05) is 28.9 Å². The molecule has 6 heteroatoms. The van der Waals surface area contributed by atoms with Crippen molar-refractivity contribution in [1.82, 2.24) is 19.7 Å². The van der Waals surface area contributed by atoms with Gasteiger partial charge in [-0.25, -0.2) is 4.68 Å². The van der Waals surface area contributed by atoms with Gasteiger partial charge in [0.25, 0.3) is 5.56 Å². The molecule has 1 aliphatic heterocycles. The summed E-state index contributed by atoms with van der Waals surface area (Å²) in [6, 6.07) is 7.98. The number of amides is 1. The molecule has 3 aromatic rings. The van der Waals surface area contributed by atoms with Gasteiger partial charge in [0.05, 0.1) is 6.20 Å². The number of H-pyrrole nitrogens is 1. The van der Waals surface area contributed by atoms with Gasteiger partial charge in [-0.1, -0.05) is 18.2 Å². The molecule has 1 atom stereocenters. The van der Waals surface area contributed by atoms with E-state index in [-0.39, 0.29) is 24.1 Å². The number of para-hydroxylation sites is 1. The maximum absolute atomic E-state index is 12.7. The minimum atomic E-state index is -0.248. The van der Waals surface area contributed by atoms with Gasteiger partial charge < -0.3 is 9.88 Å². The monoisotopic (exact) mass is 324 g/mol. The summed E-state index contributed by atoms with van der Waals surface area (Å²) in [4.78, 5) is 30.3. The van der Waals surface area contributed by atoms with Crippen LogP contribution in [0.25, 0.3) is 21.8 Å². The quantitative estimate of drug-likeness (QED) is 0.786. The van der Waals surface area contributed by atoms with E-state index < -0.39 is 0 Å². The first kappa shape index (κ1) is 14.9. The van der Waals surface area contributed by atoms with E-state index in [2.05, 4.69) is 17.0 Å². The second-order valence-corrected chi connectivity index (χ2v) is 6.50. The smallest absolute Gasteiger partial charge is 0.291 e. The first-order valence-corrected chi connectivity index (χ1v) is 8.41. The van der Waals surface area contributed by atoms with E-state index in [1.807, 2.05) is 29.2 Å². The van der Waals surface area contributed by atoms with Gasteiger partial charge in [0.1, 0.15) is 12.1 Å². The fourth-order valence-corrected chi connectivity index (χ4v) is 3.58. The summed E-state index contributed by atoms with van der Waals surface area (Å²) >= 11 is 0. The fraction of sp³-hybridized carbons (Fsp3) is 0.389. The third-order valence-corrected chi connectivity index (χ3v) is 4.93. The van der Waals surface area contributed by atoms with Crippen molar-refractivity contribution in [2.75, 3.05) is 6.54 Å². The molecule has 0 bridgehead atoms. The van der Waals surface area contributed by atoms with Crippen LogP contribution in [0.1, 0.15) is 26.2 Å². The topological polar surface area (TPSA) is 71.0 Å². The maximum atomic E-state index is 12.7. The second-order valence-electron chi connectivity index (χ2n) is 6.50. The number of piperidine rings is 1. The molecular weight excluding hydrogens is 304 g/mol. The van der Waals surface area contributed by atoms with E-state index in [4.69, 9.17) is 0 Å². The van der Waals surface area contributed by atoms with E-state index in [9.17, 15) is 9.59 Å². The van der Waals surface area contributed by atoms with Gasteiger partial charge >= 0.3 is 0 Å². The number of hydrogen-bond acceptors (Lipinski definition) is 3. The van der Waals surface area contributed by atoms with Crippen LogP contribution in [0.5, 0.6) is 0 Å². The zero-order valence-electron chi connectivity index (χ0n) is 13.7. The third kappa shape index (κ3) is 2.38. The Morgan fingerprint density at radius 2 is 2.12 bits per heavy atom. The lowest BCUT2D eigenvalue weighted by molar-refractivity contribution is -0.135. The molecule has 1 amide bonds. The van der Waals surface area contributed by atoms with Crippen LogP contribution in [0.2, 0.25) is 0 Å². The number of nitrogens with one attached hydrogen (secondary N) is 1. The summed E-state index contributed by atoms with van der Waals surface area (Å²) in [5.74, 6) is -0.0349. The highest BCUT2D eigenvalue weighted by atomic mass is 16.2. The molecule has 0 spiro atoms. The van der Waals surface area contributed by atoms with Crippen LogP contribution in [0.4, 0.5) is 0 Å². The number of aromatic amines is 1. The van der Waals surface area contributed by atoms with Crippen molar-refractivity contribution in [2.24, 2.45) is 0 Å². The van der Waals surface area contributed by atoms with Crippen LogP contribution < -0.4 is 5.56 Å². The van der Waals surface area contributed by atoms with E-state index in [1.165, 1.54) is 4.68 Å². The largest absolute Gasteiger partial charge is 0.350 e. The van der Waals surface area contributed by atoms with Crippen LogP contribution in [-0.4, -0.2) is 38.2 Å². The average Bonchev–Trinajstić information content (AvgIpc) is 2.97. The lowest BCUT2D eigenvalue weighted by Gasteiger charge is -2.33. The molecule has 0 saturated carbocycles. The Bertz CT molecular complexity index is 972. The Labute approximate surface area is 139 Å². The molecule has 4 rings (SSSR count). The van der Waals surface area contributed by atoms with E-state index in [0.29, 0.717) is 5.52 Å². The van der Waals surface area contributed by atoms with Gasteiger partial charge in [0.15, 0.2) is 0 Å². The minimum absolute atomic E-state index is 0.00548. The zero-order chi connectivity index (χ0) is 16.7. The number of benzene rings is 1. The molecule has 3 heterocycles. The number of carbonyl (C=O) groups is 1. The summed E-state index contributed by atoms with van der Waals surface area (Å²) in [5, 5.41) is 5.99. The molecule has 1 aliphatic rings. The summed E-state index contributed by atoms with van der Waals surface area (Å²) < 4.78 is 1.27. The molecular formula is C18H20N4O2. The molecule has 1 N–H and O–H groups in total. The van der Waals surface area contributed by atoms with Crippen LogP contribution in [0.15, 0.2) is 35.3 Å². The molecule has 2 aromatic heterocycles. The molecule has 1 fully saturated rings. The second kappa shape index (κ2) is 5.78. The SMILES string of the molecule is C[C@@H]1CCCCN1C(=O)Cn1ncc2c([nH]c3ccccc32)c1=O. The third-order valence-electron chi connectivity index (χ3n) is 4.93. The van der Waals surface area contributed by atoms with Crippen molar-refractivity contribution in [2.45, 2.75) is 38.8 Å². The highest BCUT2D eigenvalue weighted by Crippen LogP contribution is 2.22. The summed E-state index contributed by atoms with van der Waals surface area (Å²) in [6.07, 6.45) is 4.88. The molecule has 0 unspecified atom stereocenters. The van der Waals surface area contributed by atoms with Crippen molar-refractivity contribution in [3.63, 3.8) is 0 Å². The predicted octanol–water partition coefficient (Wildman–Crippen LogP) is 2.28. The lowest BCUT2D eigenvalue weighted by atomic mass is 10.0. The maximum Gasteiger partial charge on any atom is 0.291 e. The van der Waals surface area contributed by atoms with Crippen molar-refractivity contribution in [3.05, 3.63) is 40.8 Å². The molecule has 1 saturated heterocycles. The van der Waals surface area contributed by atoms with Gasteiger partial charge in [-0.05, 0) is 32.3 Å². The van der Waals surface area contributed by atoms with Crippen molar-refractivity contribution < 1.29 is 4.79 Å². The number of likely N-dealkylation sites (tertiary alicyclic amines) is 1. The van der Waals surface area contributed by atoms with Gasteiger partial charge in [0.2, 0.25) is 5.91 Å². The standard InChI is InChI=1S/C18H20N4O2/c1-12-6-4-5-9-21(12)16(23)11-22-18(24)17-14(10-19-22)13-7-2-3-8-15(13)20-17/h2-3,7-8,10,12,20H,4-6,9,11H2,1H3/t12-/m1/s1. The number of aromatic nitrogens is 3. The number of fused-ring (bicyclic) bond motifs is 3. The lowest BCUT2D eigenvalue weighted by Crippen LogP contribution is -2.45. The molecule has 0 aliphatic carbocycles. The Hall–Kier alpha value is -2.63. The molecule has 0 radical (unpaired) electrons. The van der Waals surface area contributed by atoms with Crippen LogP contribution in [0, 0.1) is 0 Å². The minimum Gasteiger partial charge on any atom is -0.350 e. The van der Waals surface area contributed by atoms with Crippen molar-refractivity contribution in [1.29, 1.82) is 0 Å². The first-order chi connectivity index (χ1) is 11.6.